The van der Waals surface area contributed by atoms with Crippen molar-refractivity contribution in [1.82, 2.24) is 20.1 Å². The molecule has 1 amide bonds. The van der Waals surface area contributed by atoms with Crippen molar-refractivity contribution in [1.29, 1.82) is 0 Å². The van der Waals surface area contributed by atoms with Crippen molar-refractivity contribution in [2.24, 2.45) is 0 Å². The molecule has 2 saturated heterocycles. The van der Waals surface area contributed by atoms with Crippen LogP contribution in [0.3, 0.4) is 0 Å². The van der Waals surface area contributed by atoms with E-state index in [-0.39, 0.29) is 11.9 Å². The molecule has 2 fully saturated rings. The molecule has 0 aromatic carbocycles. The summed E-state index contributed by atoms with van der Waals surface area (Å²) in [5.74, 6) is 0.214. The van der Waals surface area contributed by atoms with E-state index < -0.39 is 0 Å². The molecule has 3 heterocycles. The van der Waals surface area contributed by atoms with Crippen LogP contribution in [0.15, 0.2) is 24.4 Å². The number of hydrogen-bond acceptors (Lipinski definition) is 4. The Morgan fingerprint density at radius 3 is 2.52 bits per heavy atom. The Morgan fingerprint density at radius 2 is 1.91 bits per heavy atom. The number of piperazine rings is 1. The lowest BCUT2D eigenvalue weighted by Gasteiger charge is -2.45. The summed E-state index contributed by atoms with van der Waals surface area (Å²) in [6.07, 6.45) is 5.35. The number of carbonyl (C=O) groups excluding carboxylic acids is 1. The number of nitrogens with zero attached hydrogens (tertiary/aromatic N) is 3. The summed E-state index contributed by atoms with van der Waals surface area (Å²) < 4.78 is 0. The molecule has 0 spiro atoms. The summed E-state index contributed by atoms with van der Waals surface area (Å²) in [7, 11) is 0. The maximum Gasteiger partial charge on any atom is 0.246 e. The number of pyridine rings is 1. The number of amides is 1. The molecule has 126 valence electrons. The summed E-state index contributed by atoms with van der Waals surface area (Å²) >= 11 is 0. The molecule has 1 aromatic rings. The molecule has 0 saturated carbocycles. The Labute approximate surface area is 139 Å². The van der Waals surface area contributed by atoms with Crippen LogP contribution >= 0.6 is 0 Å². The highest BCUT2D eigenvalue weighted by Crippen LogP contribution is 2.33. The van der Waals surface area contributed by atoms with Crippen molar-refractivity contribution in [3.63, 3.8) is 0 Å². The summed E-state index contributed by atoms with van der Waals surface area (Å²) in [5.41, 5.74) is 0.886. The van der Waals surface area contributed by atoms with Crippen LogP contribution in [-0.4, -0.2) is 59.0 Å². The summed E-state index contributed by atoms with van der Waals surface area (Å²) in [6.45, 7) is 7.84. The Balaban J connectivity index is 1.91. The maximum atomic E-state index is 13.3. The van der Waals surface area contributed by atoms with Gasteiger partial charge in [-0.2, -0.15) is 0 Å². The Bertz CT molecular complexity index is 505. The fraction of sp³-hybridized carbons (Fsp3) is 0.667. The highest BCUT2D eigenvalue weighted by Gasteiger charge is 2.39. The molecule has 3 unspecified atom stereocenters. The topological polar surface area (TPSA) is 48.5 Å². The average Bonchev–Trinajstić information content (AvgIpc) is 2.59. The molecule has 23 heavy (non-hydrogen) atoms. The van der Waals surface area contributed by atoms with Gasteiger partial charge in [-0.05, 0) is 38.8 Å². The third kappa shape index (κ3) is 3.56. The van der Waals surface area contributed by atoms with Gasteiger partial charge in [0.25, 0.3) is 0 Å². The standard InChI is InChI=1S/C18H28N4O/c1-14-6-5-7-15(2)22(14)17(16-8-3-4-9-20-16)18(23)21-12-10-19-11-13-21/h3-4,8-9,14-15,17,19H,5-7,10-13H2,1-2H3. The van der Waals surface area contributed by atoms with Crippen molar-refractivity contribution in [3.8, 4) is 0 Å². The SMILES string of the molecule is CC1CCCC(C)N1C(C(=O)N1CCNCC1)c1ccccn1. The zero-order valence-electron chi connectivity index (χ0n) is 14.2. The molecule has 0 aliphatic carbocycles. The number of rotatable bonds is 3. The van der Waals surface area contributed by atoms with E-state index in [9.17, 15) is 4.79 Å². The number of piperidine rings is 1. The van der Waals surface area contributed by atoms with Crippen LogP contribution in [0.1, 0.15) is 44.8 Å². The van der Waals surface area contributed by atoms with Gasteiger partial charge in [0.2, 0.25) is 5.91 Å². The molecule has 2 aliphatic rings. The molecule has 0 radical (unpaired) electrons. The molecule has 3 atom stereocenters. The second kappa shape index (κ2) is 7.41. The first kappa shape index (κ1) is 16.4. The van der Waals surface area contributed by atoms with E-state index in [1.54, 1.807) is 6.20 Å². The zero-order valence-corrected chi connectivity index (χ0v) is 14.2. The third-order valence-corrected chi connectivity index (χ3v) is 5.19. The number of aromatic nitrogens is 1. The predicted octanol–water partition coefficient (Wildman–Crippen LogP) is 1.82. The van der Waals surface area contributed by atoms with Crippen LogP contribution in [0.5, 0.6) is 0 Å². The van der Waals surface area contributed by atoms with Gasteiger partial charge in [-0.15, -0.1) is 0 Å². The van der Waals surface area contributed by atoms with Crippen LogP contribution in [0.4, 0.5) is 0 Å². The first-order valence-corrected chi connectivity index (χ1v) is 8.86. The van der Waals surface area contributed by atoms with E-state index in [0.717, 1.165) is 44.7 Å². The van der Waals surface area contributed by atoms with Crippen molar-refractivity contribution in [3.05, 3.63) is 30.1 Å². The Morgan fingerprint density at radius 1 is 1.22 bits per heavy atom. The number of likely N-dealkylation sites (tertiary alicyclic amines) is 1. The van der Waals surface area contributed by atoms with Crippen molar-refractivity contribution in [2.75, 3.05) is 26.2 Å². The highest BCUT2D eigenvalue weighted by molar-refractivity contribution is 5.83. The second-order valence-electron chi connectivity index (χ2n) is 6.81. The molecule has 3 rings (SSSR count). The van der Waals surface area contributed by atoms with Gasteiger partial charge in [-0.25, -0.2) is 0 Å². The lowest BCUT2D eigenvalue weighted by Crippen LogP contribution is -2.55. The van der Waals surface area contributed by atoms with Gasteiger partial charge in [0, 0.05) is 44.5 Å². The molecule has 1 aromatic heterocycles. The van der Waals surface area contributed by atoms with Crippen LogP contribution in [0, 0.1) is 0 Å². The molecule has 5 heteroatoms. The van der Waals surface area contributed by atoms with Crippen LogP contribution < -0.4 is 5.32 Å². The molecular formula is C18H28N4O. The summed E-state index contributed by atoms with van der Waals surface area (Å²) in [6, 6.07) is 6.48. The van der Waals surface area contributed by atoms with Crippen LogP contribution in [0.25, 0.3) is 0 Å². The van der Waals surface area contributed by atoms with Crippen molar-refractivity contribution in [2.45, 2.75) is 51.2 Å². The van der Waals surface area contributed by atoms with Gasteiger partial charge in [0.15, 0.2) is 0 Å². The monoisotopic (exact) mass is 316 g/mol. The van der Waals surface area contributed by atoms with Crippen LogP contribution in [0.2, 0.25) is 0 Å². The minimum Gasteiger partial charge on any atom is -0.338 e. The second-order valence-corrected chi connectivity index (χ2v) is 6.81. The molecule has 2 aliphatic heterocycles. The lowest BCUT2D eigenvalue weighted by molar-refractivity contribution is -0.141. The summed E-state index contributed by atoms with van der Waals surface area (Å²) in [4.78, 5) is 22.2. The van der Waals surface area contributed by atoms with E-state index in [2.05, 4.69) is 29.0 Å². The fourth-order valence-electron chi connectivity index (χ4n) is 3.95. The van der Waals surface area contributed by atoms with Gasteiger partial charge >= 0.3 is 0 Å². The van der Waals surface area contributed by atoms with Crippen molar-refractivity contribution >= 4 is 5.91 Å². The Hall–Kier alpha value is -1.46. The minimum absolute atomic E-state index is 0.214. The van der Waals surface area contributed by atoms with E-state index in [1.807, 2.05) is 23.1 Å². The fourth-order valence-corrected chi connectivity index (χ4v) is 3.95. The van der Waals surface area contributed by atoms with E-state index >= 15 is 0 Å². The molecule has 0 bridgehead atoms. The number of hydrogen-bond donors (Lipinski definition) is 1. The minimum atomic E-state index is -0.250. The smallest absolute Gasteiger partial charge is 0.246 e. The van der Waals surface area contributed by atoms with E-state index in [0.29, 0.717) is 12.1 Å². The third-order valence-electron chi connectivity index (χ3n) is 5.19. The lowest BCUT2D eigenvalue weighted by atomic mass is 9.93. The normalized spacial score (nSPS) is 27.7. The van der Waals surface area contributed by atoms with Gasteiger partial charge in [0.1, 0.15) is 6.04 Å². The summed E-state index contributed by atoms with van der Waals surface area (Å²) in [5, 5.41) is 3.32. The van der Waals surface area contributed by atoms with Gasteiger partial charge < -0.3 is 10.2 Å². The average molecular weight is 316 g/mol. The number of carbonyl (C=O) groups is 1. The van der Waals surface area contributed by atoms with Gasteiger partial charge in [-0.1, -0.05) is 12.5 Å². The highest BCUT2D eigenvalue weighted by atomic mass is 16.2. The zero-order chi connectivity index (χ0) is 16.2. The molecule has 5 nitrogen and oxygen atoms in total. The predicted molar refractivity (Wildman–Crippen MR) is 91.0 cm³/mol. The Kier molecular flexibility index (Phi) is 5.28. The largest absolute Gasteiger partial charge is 0.338 e. The van der Waals surface area contributed by atoms with E-state index in [4.69, 9.17) is 0 Å². The van der Waals surface area contributed by atoms with Gasteiger partial charge in [0.05, 0.1) is 5.69 Å². The number of nitrogens with one attached hydrogen (secondary N) is 1. The van der Waals surface area contributed by atoms with E-state index in [1.165, 1.54) is 6.42 Å². The quantitative estimate of drug-likeness (QED) is 0.924. The van der Waals surface area contributed by atoms with Crippen LogP contribution in [-0.2, 0) is 4.79 Å². The maximum absolute atomic E-state index is 13.3. The molecule has 1 N–H and O–H groups in total. The van der Waals surface area contributed by atoms with Gasteiger partial charge in [-0.3, -0.25) is 14.7 Å². The first-order chi connectivity index (χ1) is 11.2. The first-order valence-electron chi connectivity index (χ1n) is 8.86. The van der Waals surface area contributed by atoms with Crippen molar-refractivity contribution < 1.29 is 4.79 Å². The molecular weight excluding hydrogens is 288 g/mol.